The van der Waals surface area contributed by atoms with Crippen molar-refractivity contribution >= 4 is 23.2 Å². The van der Waals surface area contributed by atoms with Crippen LogP contribution in [0.4, 0.5) is 5.69 Å². The Hall–Kier alpha value is -2.56. The number of carbonyl (C=O) groups is 1. The van der Waals surface area contributed by atoms with Crippen molar-refractivity contribution in [2.75, 3.05) is 11.9 Å². The van der Waals surface area contributed by atoms with Crippen molar-refractivity contribution in [2.45, 2.75) is 6.04 Å². The minimum atomic E-state index is -0.196. The van der Waals surface area contributed by atoms with E-state index < -0.39 is 0 Å². The Kier molecular flexibility index (Phi) is 5.31. The SMILES string of the molecule is O=C(CN[C@@H](c1ccccc1)c1ccco1)Nc1ccccc1Cl. The molecule has 0 unspecified atom stereocenters. The largest absolute Gasteiger partial charge is 0.467 e. The minimum absolute atomic E-state index is 0.130. The number of carbonyl (C=O) groups excluding carboxylic acids is 1. The number of nitrogens with one attached hydrogen (secondary N) is 2. The maximum atomic E-state index is 12.2. The van der Waals surface area contributed by atoms with Gasteiger partial charge in [0.15, 0.2) is 0 Å². The molecule has 2 aromatic carbocycles. The summed E-state index contributed by atoms with van der Waals surface area (Å²) < 4.78 is 5.50. The topological polar surface area (TPSA) is 54.3 Å². The van der Waals surface area contributed by atoms with Crippen LogP contribution >= 0.6 is 11.6 Å². The fourth-order valence-corrected chi connectivity index (χ4v) is 2.62. The summed E-state index contributed by atoms with van der Waals surface area (Å²) in [6.07, 6.45) is 1.62. The highest BCUT2D eigenvalue weighted by molar-refractivity contribution is 6.33. The van der Waals surface area contributed by atoms with Gasteiger partial charge in [0.1, 0.15) is 5.76 Å². The minimum Gasteiger partial charge on any atom is -0.467 e. The molecule has 3 aromatic rings. The highest BCUT2D eigenvalue weighted by atomic mass is 35.5. The van der Waals surface area contributed by atoms with Gasteiger partial charge in [-0.3, -0.25) is 10.1 Å². The van der Waals surface area contributed by atoms with Gasteiger partial charge in [0.2, 0.25) is 5.91 Å². The van der Waals surface area contributed by atoms with Crippen LogP contribution in [0.2, 0.25) is 5.02 Å². The molecule has 1 amide bonds. The number of amides is 1. The summed E-state index contributed by atoms with van der Waals surface area (Å²) in [7, 11) is 0. The zero-order chi connectivity index (χ0) is 16.8. The Morgan fingerprint density at radius 1 is 1.00 bits per heavy atom. The lowest BCUT2D eigenvalue weighted by Gasteiger charge is -2.17. The number of rotatable bonds is 6. The molecule has 0 saturated carbocycles. The summed E-state index contributed by atoms with van der Waals surface area (Å²) in [6.45, 7) is 0.130. The second-order valence-corrected chi connectivity index (χ2v) is 5.68. The lowest BCUT2D eigenvalue weighted by molar-refractivity contribution is -0.115. The first-order valence-corrected chi connectivity index (χ1v) is 7.98. The second kappa shape index (κ2) is 7.81. The third-order valence-electron chi connectivity index (χ3n) is 3.58. The Morgan fingerprint density at radius 3 is 2.46 bits per heavy atom. The van der Waals surface area contributed by atoms with E-state index in [1.54, 1.807) is 18.4 Å². The summed E-state index contributed by atoms with van der Waals surface area (Å²) in [5.74, 6) is 0.585. The van der Waals surface area contributed by atoms with E-state index in [0.717, 1.165) is 11.3 Å². The van der Waals surface area contributed by atoms with E-state index in [4.69, 9.17) is 16.0 Å². The first-order chi connectivity index (χ1) is 11.7. The lowest BCUT2D eigenvalue weighted by Crippen LogP contribution is -2.31. The number of hydrogen-bond donors (Lipinski definition) is 2. The molecule has 1 atom stereocenters. The van der Waals surface area contributed by atoms with Crippen molar-refractivity contribution in [2.24, 2.45) is 0 Å². The molecule has 0 aliphatic carbocycles. The molecule has 1 aromatic heterocycles. The summed E-state index contributed by atoms with van der Waals surface area (Å²) in [5, 5.41) is 6.54. The molecule has 1 heterocycles. The molecular formula is C19H17ClN2O2. The van der Waals surface area contributed by atoms with Crippen molar-refractivity contribution in [3.8, 4) is 0 Å². The molecule has 0 aliphatic heterocycles. The van der Waals surface area contributed by atoms with E-state index in [-0.39, 0.29) is 18.5 Å². The molecule has 0 aliphatic rings. The number of para-hydroxylation sites is 1. The average Bonchev–Trinajstić information content (AvgIpc) is 3.12. The van der Waals surface area contributed by atoms with Crippen LogP contribution in [-0.2, 0) is 4.79 Å². The highest BCUT2D eigenvalue weighted by Gasteiger charge is 2.17. The van der Waals surface area contributed by atoms with Crippen molar-refractivity contribution in [3.05, 3.63) is 89.3 Å². The molecule has 0 radical (unpaired) electrons. The Morgan fingerprint density at radius 2 is 1.75 bits per heavy atom. The van der Waals surface area contributed by atoms with Gasteiger partial charge in [-0.15, -0.1) is 0 Å². The van der Waals surface area contributed by atoms with Crippen LogP contribution in [0.15, 0.2) is 77.4 Å². The van der Waals surface area contributed by atoms with Gasteiger partial charge in [-0.25, -0.2) is 0 Å². The second-order valence-electron chi connectivity index (χ2n) is 5.27. The Balaban J connectivity index is 1.68. The van der Waals surface area contributed by atoms with Crippen LogP contribution in [0.5, 0.6) is 0 Å². The number of hydrogen-bond acceptors (Lipinski definition) is 3. The molecule has 0 fully saturated rings. The summed E-state index contributed by atoms with van der Waals surface area (Å²) >= 11 is 6.06. The van der Waals surface area contributed by atoms with Gasteiger partial charge in [0.25, 0.3) is 0 Å². The maximum absolute atomic E-state index is 12.2. The third-order valence-corrected chi connectivity index (χ3v) is 3.90. The van der Waals surface area contributed by atoms with E-state index in [1.807, 2.05) is 54.6 Å². The van der Waals surface area contributed by atoms with E-state index in [2.05, 4.69) is 10.6 Å². The van der Waals surface area contributed by atoms with E-state index in [0.29, 0.717) is 10.7 Å². The van der Waals surface area contributed by atoms with Gasteiger partial charge in [-0.05, 0) is 29.8 Å². The van der Waals surface area contributed by atoms with Gasteiger partial charge in [-0.1, -0.05) is 54.1 Å². The molecular weight excluding hydrogens is 324 g/mol. The molecule has 0 saturated heterocycles. The molecule has 4 nitrogen and oxygen atoms in total. The quantitative estimate of drug-likeness (QED) is 0.705. The third kappa shape index (κ3) is 4.04. The van der Waals surface area contributed by atoms with Crippen LogP contribution in [0.3, 0.4) is 0 Å². The van der Waals surface area contributed by atoms with Gasteiger partial charge in [-0.2, -0.15) is 0 Å². The van der Waals surface area contributed by atoms with E-state index in [9.17, 15) is 4.79 Å². The van der Waals surface area contributed by atoms with Crippen molar-refractivity contribution in [1.82, 2.24) is 5.32 Å². The standard InChI is InChI=1S/C19H17ClN2O2/c20-15-9-4-5-10-16(15)22-18(23)13-21-19(17-11-6-12-24-17)14-7-2-1-3-8-14/h1-12,19,21H,13H2,(H,22,23)/t19-/m0/s1. The van der Waals surface area contributed by atoms with Crippen LogP contribution in [0, 0.1) is 0 Å². The monoisotopic (exact) mass is 340 g/mol. The maximum Gasteiger partial charge on any atom is 0.238 e. The van der Waals surface area contributed by atoms with Crippen LogP contribution in [0.25, 0.3) is 0 Å². The first kappa shape index (κ1) is 16.3. The van der Waals surface area contributed by atoms with Crippen molar-refractivity contribution < 1.29 is 9.21 Å². The fourth-order valence-electron chi connectivity index (χ4n) is 2.44. The first-order valence-electron chi connectivity index (χ1n) is 7.60. The molecule has 2 N–H and O–H groups in total. The molecule has 3 rings (SSSR count). The number of anilines is 1. The van der Waals surface area contributed by atoms with Gasteiger partial charge in [0, 0.05) is 0 Å². The smallest absolute Gasteiger partial charge is 0.238 e. The van der Waals surface area contributed by atoms with Crippen LogP contribution in [0.1, 0.15) is 17.4 Å². The fraction of sp³-hybridized carbons (Fsp3) is 0.105. The number of benzene rings is 2. The Bertz CT molecular complexity index is 788. The zero-order valence-corrected chi connectivity index (χ0v) is 13.7. The molecule has 24 heavy (non-hydrogen) atoms. The molecule has 0 bridgehead atoms. The predicted octanol–water partition coefficient (Wildman–Crippen LogP) is 4.25. The summed E-state index contributed by atoms with van der Waals surface area (Å²) in [4.78, 5) is 12.2. The predicted molar refractivity (Wildman–Crippen MR) is 95.1 cm³/mol. The van der Waals surface area contributed by atoms with Crippen molar-refractivity contribution in [1.29, 1.82) is 0 Å². The lowest BCUT2D eigenvalue weighted by atomic mass is 10.0. The summed E-state index contributed by atoms with van der Waals surface area (Å²) in [5.41, 5.74) is 1.62. The van der Waals surface area contributed by atoms with E-state index in [1.165, 1.54) is 0 Å². The average molecular weight is 341 g/mol. The summed E-state index contributed by atoms with van der Waals surface area (Å²) in [6, 6.07) is 20.5. The number of furan rings is 1. The highest BCUT2D eigenvalue weighted by Crippen LogP contribution is 2.23. The van der Waals surface area contributed by atoms with Gasteiger partial charge < -0.3 is 9.73 Å². The van der Waals surface area contributed by atoms with Crippen LogP contribution in [-0.4, -0.2) is 12.5 Å². The normalized spacial score (nSPS) is 11.9. The number of halogens is 1. The zero-order valence-electron chi connectivity index (χ0n) is 12.9. The molecule has 0 spiro atoms. The van der Waals surface area contributed by atoms with E-state index >= 15 is 0 Å². The molecule has 5 heteroatoms. The van der Waals surface area contributed by atoms with Crippen molar-refractivity contribution in [3.63, 3.8) is 0 Å². The van der Waals surface area contributed by atoms with Gasteiger partial charge >= 0.3 is 0 Å². The van der Waals surface area contributed by atoms with Crippen LogP contribution < -0.4 is 10.6 Å². The molecule has 122 valence electrons. The Labute approximate surface area is 145 Å². The van der Waals surface area contributed by atoms with Gasteiger partial charge in [0.05, 0.1) is 29.6 Å².